The van der Waals surface area contributed by atoms with Gasteiger partial charge < -0.3 is 21.1 Å². The molecule has 0 aromatic carbocycles. The van der Waals surface area contributed by atoms with Gasteiger partial charge in [-0.05, 0) is 0 Å². The highest BCUT2D eigenvalue weighted by Crippen LogP contribution is 2.17. The van der Waals surface area contributed by atoms with E-state index in [9.17, 15) is 4.79 Å². The van der Waals surface area contributed by atoms with Crippen LogP contribution in [0.2, 0.25) is 0 Å². The number of nitrogens with two attached hydrogens (primary N) is 1. The quantitative estimate of drug-likeness (QED) is 0.348. The summed E-state index contributed by atoms with van der Waals surface area (Å²) in [5.74, 6) is -1.03. The van der Waals surface area contributed by atoms with Crippen molar-refractivity contribution in [3.63, 3.8) is 0 Å². The molecule has 0 rings (SSSR count). The van der Waals surface area contributed by atoms with Crippen LogP contribution in [-0.2, 0) is 4.79 Å². The highest BCUT2D eigenvalue weighted by Gasteiger charge is 2.34. The molecular weight excluding hydrogens is 291 g/mol. The van der Waals surface area contributed by atoms with Gasteiger partial charge in [-0.3, -0.25) is 4.79 Å². The molecular formula is C6H13IN2O4. The van der Waals surface area contributed by atoms with Gasteiger partial charge in [0.1, 0.15) is 6.54 Å². The first-order valence-corrected chi connectivity index (χ1v) is 4.56. The normalized spacial score (nSPS) is 12.1. The third-order valence-corrected chi connectivity index (χ3v) is 3.12. The average molecular weight is 304 g/mol. The summed E-state index contributed by atoms with van der Waals surface area (Å²) in [5, 5.41) is 26.4. The number of aliphatic hydroxyl groups excluding tert-OH is 2. The van der Waals surface area contributed by atoms with Crippen LogP contribution in [0.4, 0.5) is 0 Å². The molecule has 13 heavy (non-hydrogen) atoms. The first-order valence-electron chi connectivity index (χ1n) is 3.59. The standard InChI is InChI=1S/C6H13IN2O4/c7-9(1-5(12)13)6(2-8,3-10)4-11/h10-11H,1-4,8H2,(H,12,13). The molecule has 0 atom stereocenters. The molecule has 0 radical (unpaired) electrons. The van der Waals surface area contributed by atoms with Crippen molar-refractivity contribution in [1.29, 1.82) is 0 Å². The van der Waals surface area contributed by atoms with E-state index in [1.807, 2.05) is 0 Å². The second-order valence-corrected chi connectivity index (χ2v) is 3.82. The van der Waals surface area contributed by atoms with E-state index in [2.05, 4.69) is 0 Å². The third-order valence-electron chi connectivity index (χ3n) is 1.76. The molecule has 5 N–H and O–H groups in total. The zero-order valence-electron chi connectivity index (χ0n) is 6.98. The highest BCUT2D eigenvalue weighted by atomic mass is 127. The zero-order chi connectivity index (χ0) is 10.5. The predicted molar refractivity (Wildman–Crippen MR) is 54.3 cm³/mol. The summed E-state index contributed by atoms with van der Waals surface area (Å²) in [4.78, 5) is 10.4. The van der Waals surface area contributed by atoms with Crippen LogP contribution in [0.3, 0.4) is 0 Å². The minimum Gasteiger partial charge on any atom is -0.480 e. The molecule has 7 heteroatoms. The van der Waals surface area contributed by atoms with Gasteiger partial charge in [0, 0.05) is 29.4 Å². The number of nitrogens with zero attached hydrogens (tertiary/aromatic N) is 1. The molecule has 0 aromatic rings. The Balaban J connectivity index is 4.43. The van der Waals surface area contributed by atoms with Gasteiger partial charge in [0.15, 0.2) is 0 Å². The molecule has 0 amide bonds. The minimum atomic E-state index is -1.06. The van der Waals surface area contributed by atoms with Crippen LogP contribution >= 0.6 is 22.9 Å². The molecule has 6 nitrogen and oxygen atoms in total. The maximum Gasteiger partial charge on any atom is 0.318 e. The van der Waals surface area contributed by atoms with Crippen molar-refractivity contribution in [3.8, 4) is 0 Å². The van der Waals surface area contributed by atoms with Crippen LogP contribution in [-0.4, -0.2) is 56.2 Å². The van der Waals surface area contributed by atoms with E-state index >= 15 is 0 Å². The van der Waals surface area contributed by atoms with Gasteiger partial charge in [0.25, 0.3) is 0 Å². The molecule has 0 saturated heterocycles. The van der Waals surface area contributed by atoms with Gasteiger partial charge in [-0.25, -0.2) is 3.11 Å². The van der Waals surface area contributed by atoms with Crippen LogP contribution < -0.4 is 5.73 Å². The Kier molecular flexibility index (Phi) is 5.72. The van der Waals surface area contributed by atoms with Gasteiger partial charge >= 0.3 is 5.97 Å². The van der Waals surface area contributed by atoms with E-state index < -0.39 is 11.5 Å². The van der Waals surface area contributed by atoms with Crippen LogP contribution in [0, 0.1) is 0 Å². The van der Waals surface area contributed by atoms with Gasteiger partial charge in [0.2, 0.25) is 0 Å². The number of carboxylic acid groups (broad SMARTS) is 1. The molecule has 0 saturated carbocycles. The lowest BCUT2D eigenvalue weighted by Gasteiger charge is -2.35. The smallest absolute Gasteiger partial charge is 0.318 e. The largest absolute Gasteiger partial charge is 0.480 e. The summed E-state index contributed by atoms with van der Waals surface area (Å²) in [5.41, 5.74) is 4.29. The van der Waals surface area contributed by atoms with Crippen molar-refractivity contribution in [2.75, 3.05) is 26.3 Å². The Morgan fingerprint density at radius 2 is 1.92 bits per heavy atom. The van der Waals surface area contributed by atoms with Crippen LogP contribution in [0.15, 0.2) is 0 Å². The maximum absolute atomic E-state index is 10.4. The van der Waals surface area contributed by atoms with E-state index in [1.165, 1.54) is 3.11 Å². The van der Waals surface area contributed by atoms with Crippen molar-refractivity contribution >= 4 is 28.8 Å². The van der Waals surface area contributed by atoms with E-state index in [-0.39, 0.29) is 26.3 Å². The molecule has 0 bridgehead atoms. The lowest BCUT2D eigenvalue weighted by molar-refractivity contribution is -0.138. The Morgan fingerprint density at radius 3 is 2.15 bits per heavy atom. The molecule has 0 aromatic heterocycles. The van der Waals surface area contributed by atoms with E-state index in [0.717, 1.165) is 0 Å². The fourth-order valence-corrected chi connectivity index (χ4v) is 1.51. The number of rotatable bonds is 6. The Morgan fingerprint density at radius 1 is 1.46 bits per heavy atom. The predicted octanol–water partition coefficient (Wildman–Crippen LogP) is -1.59. The SMILES string of the molecule is NCC(CO)(CO)N(I)CC(=O)O. The second-order valence-electron chi connectivity index (χ2n) is 2.66. The summed E-state index contributed by atoms with van der Waals surface area (Å²) in [7, 11) is 0. The van der Waals surface area contributed by atoms with E-state index in [1.54, 1.807) is 22.9 Å². The first-order chi connectivity index (χ1) is 6.02. The molecule has 0 unspecified atom stereocenters. The number of hydrogen-bond acceptors (Lipinski definition) is 5. The fourth-order valence-electron chi connectivity index (χ4n) is 0.718. The summed E-state index contributed by atoms with van der Waals surface area (Å²) in [6.07, 6.45) is 0. The van der Waals surface area contributed by atoms with Crippen molar-refractivity contribution in [1.82, 2.24) is 3.11 Å². The summed E-state index contributed by atoms with van der Waals surface area (Å²) < 4.78 is 1.30. The monoisotopic (exact) mass is 304 g/mol. The lowest BCUT2D eigenvalue weighted by atomic mass is 10.0. The summed E-state index contributed by atoms with van der Waals surface area (Å²) >= 11 is 1.72. The lowest BCUT2D eigenvalue weighted by Crippen LogP contribution is -2.56. The first kappa shape index (κ1) is 13.0. The summed E-state index contributed by atoms with van der Waals surface area (Å²) in [6.45, 7) is -1.04. The summed E-state index contributed by atoms with van der Waals surface area (Å²) in [6, 6.07) is 0. The van der Waals surface area contributed by atoms with Crippen LogP contribution in [0.1, 0.15) is 0 Å². The maximum atomic E-state index is 10.4. The Bertz CT molecular complexity index is 166. The molecule has 0 fully saturated rings. The number of carbonyl (C=O) groups is 1. The van der Waals surface area contributed by atoms with E-state index in [4.69, 9.17) is 21.1 Å². The van der Waals surface area contributed by atoms with Crippen molar-refractivity contribution in [2.45, 2.75) is 5.54 Å². The van der Waals surface area contributed by atoms with Gasteiger partial charge in [-0.2, -0.15) is 0 Å². The topological polar surface area (TPSA) is 107 Å². The van der Waals surface area contributed by atoms with Crippen LogP contribution in [0.5, 0.6) is 0 Å². The number of aliphatic hydroxyl groups is 2. The molecule has 0 spiro atoms. The van der Waals surface area contributed by atoms with Gasteiger partial charge in [-0.1, -0.05) is 0 Å². The number of halogens is 1. The Hall–Kier alpha value is 0.0400. The zero-order valence-corrected chi connectivity index (χ0v) is 9.14. The number of aliphatic carboxylic acids is 1. The molecule has 0 aliphatic heterocycles. The van der Waals surface area contributed by atoms with E-state index in [0.29, 0.717) is 0 Å². The van der Waals surface area contributed by atoms with Crippen LogP contribution in [0.25, 0.3) is 0 Å². The second kappa shape index (κ2) is 5.70. The molecule has 78 valence electrons. The highest BCUT2D eigenvalue weighted by molar-refractivity contribution is 14.1. The fraction of sp³-hybridized carbons (Fsp3) is 0.833. The third kappa shape index (κ3) is 3.35. The van der Waals surface area contributed by atoms with Crippen molar-refractivity contribution < 1.29 is 20.1 Å². The minimum absolute atomic E-state index is 0.00375. The average Bonchev–Trinajstić information content (AvgIpc) is 2.07. The Labute approximate surface area is 89.8 Å². The van der Waals surface area contributed by atoms with Gasteiger partial charge in [0.05, 0.1) is 18.8 Å². The van der Waals surface area contributed by atoms with Gasteiger partial charge in [-0.15, -0.1) is 0 Å². The van der Waals surface area contributed by atoms with Crippen molar-refractivity contribution in [2.24, 2.45) is 5.73 Å². The number of carboxylic acids is 1. The van der Waals surface area contributed by atoms with Crippen molar-refractivity contribution in [3.05, 3.63) is 0 Å². The number of hydrogen-bond donors (Lipinski definition) is 4. The molecule has 0 heterocycles. The molecule has 0 aliphatic carbocycles. The molecule has 0 aliphatic rings.